The molecule has 152 valence electrons. The summed E-state index contributed by atoms with van der Waals surface area (Å²) in [5, 5.41) is 7.02. The number of halogens is 6. The van der Waals surface area contributed by atoms with Crippen LogP contribution in [0.2, 0.25) is 30.1 Å². The van der Waals surface area contributed by atoms with Gasteiger partial charge in [0, 0.05) is 22.5 Å². The minimum Gasteiger partial charge on any atom is -0.0951 e. The van der Waals surface area contributed by atoms with Crippen LogP contribution >= 0.6 is 69.6 Å². The normalized spacial score (nSPS) is 11.2. The molecule has 0 bridgehead atoms. The summed E-state index contributed by atoms with van der Waals surface area (Å²) >= 11 is 38.1. The highest BCUT2D eigenvalue weighted by Crippen LogP contribution is 2.35. The molecule has 4 aromatic rings. The second kappa shape index (κ2) is 8.58. The third-order valence-corrected chi connectivity index (χ3v) is 6.07. The van der Waals surface area contributed by atoms with Gasteiger partial charge in [0.15, 0.2) is 17.1 Å². The van der Waals surface area contributed by atoms with Gasteiger partial charge in [-0.2, -0.15) is 0 Å². The molecule has 4 rings (SSSR count). The Morgan fingerprint density at radius 2 is 1.23 bits per heavy atom. The summed E-state index contributed by atoms with van der Waals surface area (Å²) in [7, 11) is 0. The topological polar surface area (TPSA) is 21.7 Å². The van der Waals surface area contributed by atoms with Crippen LogP contribution in [0.3, 0.4) is 0 Å². The fourth-order valence-corrected chi connectivity index (χ4v) is 5.18. The zero-order chi connectivity index (χ0) is 21.6. The molecular weight excluding hydrogens is 507 g/mol. The molecular formula is C21H12Cl6N3+. The first-order valence-electron chi connectivity index (χ1n) is 8.65. The van der Waals surface area contributed by atoms with Crippen molar-refractivity contribution in [3.63, 3.8) is 0 Å². The minimum absolute atomic E-state index is 0.354. The highest BCUT2D eigenvalue weighted by Gasteiger charge is 2.31. The first-order valence-corrected chi connectivity index (χ1v) is 10.9. The van der Waals surface area contributed by atoms with E-state index in [1.165, 1.54) is 0 Å². The molecule has 0 atom stereocenters. The van der Waals surface area contributed by atoms with Crippen LogP contribution in [-0.4, -0.2) is 9.90 Å². The van der Waals surface area contributed by atoms with Crippen molar-refractivity contribution >= 4 is 69.6 Å². The maximum atomic E-state index is 6.51. The predicted octanol–water partition coefficient (Wildman–Crippen LogP) is 8.04. The van der Waals surface area contributed by atoms with Crippen molar-refractivity contribution < 1.29 is 4.68 Å². The molecule has 0 aliphatic heterocycles. The van der Waals surface area contributed by atoms with Gasteiger partial charge in [0.1, 0.15) is 5.21 Å². The van der Waals surface area contributed by atoms with Crippen LogP contribution in [0.15, 0.2) is 54.6 Å². The minimum atomic E-state index is 0.354. The van der Waals surface area contributed by atoms with Crippen molar-refractivity contribution in [2.45, 2.75) is 6.92 Å². The Labute approximate surface area is 203 Å². The zero-order valence-corrected chi connectivity index (χ0v) is 19.8. The summed E-state index contributed by atoms with van der Waals surface area (Å²) in [6.45, 7) is 1.91. The molecule has 0 fully saturated rings. The highest BCUT2D eigenvalue weighted by molar-refractivity contribution is 6.41. The van der Waals surface area contributed by atoms with Gasteiger partial charge in [0.25, 0.3) is 0 Å². The number of benzene rings is 3. The lowest BCUT2D eigenvalue weighted by atomic mass is 10.1. The van der Waals surface area contributed by atoms with Crippen molar-refractivity contribution in [2.24, 2.45) is 0 Å². The molecule has 30 heavy (non-hydrogen) atoms. The number of aromatic nitrogens is 3. The Bertz CT molecular complexity index is 1220. The van der Waals surface area contributed by atoms with Crippen LogP contribution in [0.1, 0.15) is 5.69 Å². The van der Waals surface area contributed by atoms with Gasteiger partial charge < -0.3 is 0 Å². The van der Waals surface area contributed by atoms with E-state index >= 15 is 0 Å². The summed E-state index contributed by atoms with van der Waals surface area (Å²) in [4.78, 5) is 0. The van der Waals surface area contributed by atoms with Crippen LogP contribution in [0.4, 0.5) is 0 Å². The van der Waals surface area contributed by atoms with Crippen molar-refractivity contribution in [2.75, 3.05) is 0 Å². The molecule has 3 nitrogen and oxygen atoms in total. The van der Waals surface area contributed by atoms with Crippen LogP contribution in [0, 0.1) is 6.92 Å². The summed E-state index contributed by atoms with van der Waals surface area (Å²) in [6.07, 6.45) is 0. The Kier molecular flexibility index (Phi) is 6.23. The average molecular weight is 519 g/mol. The Hall–Kier alpha value is -1.46. The molecule has 0 aliphatic rings. The third kappa shape index (κ3) is 3.91. The van der Waals surface area contributed by atoms with Gasteiger partial charge in [-0.05, 0) is 24.3 Å². The van der Waals surface area contributed by atoms with Gasteiger partial charge in [0.05, 0.1) is 20.1 Å². The quantitative estimate of drug-likeness (QED) is 0.251. The maximum Gasteiger partial charge on any atom is 0.208 e. The van der Waals surface area contributed by atoms with Crippen molar-refractivity contribution in [1.29, 1.82) is 0 Å². The maximum absolute atomic E-state index is 6.51. The van der Waals surface area contributed by atoms with Crippen molar-refractivity contribution in [3.8, 4) is 22.6 Å². The first kappa shape index (κ1) is 21.8. The average Bonchev–Trinajstić information content (AvgIpc) is 2.97. The molecule has 0 saturated carbocycles. The number of rotatable bonds is 3. The monoisotopic (exact) mass is 516 g/mol. The lowest BCUT2D eigenvalue weighted by Crippen LogP contribution is -2.36. The van der Waals surface area contributed by atoms with E-state index < -0.39 is 0 Å². The molecule has 0 radical (unpaired) electrons. The highest BCUT2D eigenvalue weighted by atomic mass is 35.5. The van der Waals surface area contributed by atoms with E-state index in [0.29, 0.717) is 41.5 Å². The van der Waals surface area contributed by atoms with E-state index in [-0.39, 0.29) is 0 Å². The Morgan fingerprint density at radius 3 is 1.77 bits per heavy atom. The van der Waals surface area contributed by atoms with E-state index in [0.717, 1.165) is 17.0 Å². The Balaban J connectivity index is 2.09. The SMILES string of the molecule is Cc1c(-c2ccccc2)[n+](-c2c(Cl)cc(Cl)cc2Cl)nn1-c1c(Cl)cc(Cl)cc1Cl. The smallest absolute Gasteiger partial charge is 0.0951 e. The molecule has 0 unspecified atom stereocenters. The van der Waals surface area contributed by atoms with Gasteiger partial charge in [-0.3, -0.25) is 0 Å². The van der Waals surface area contributed by atoms with E-state index in [1.807, 2.05) is 37.3 Å². The summed E-state index contributed by atoms with van der Waals surface area (Å²) in [6, 6.07) is 16.2. The van der Waals surface area contributed by atoms with E-state index in [1.54, 1.807) is 33.6 Å². The van der Waals surface area contributed by atoms with Crippen LogP contribution in [0.25, 0.3) is 22.6 Å². The van der Waals surface area contributed by atoms with Crippen molar-refractivity contribution in [3.05, 3.63) is 90.4 Å². The molecule has 1 aromatic heterocycles. The fourth-order valence-electron chi connectivity index (χ4n) is 3.22. The van der Waals surface area contributed by atoms with Crippen LogP contribution < -0.4 is 4.68 Å². The van der Waals surface area contributed by atoms with Gasteiger partial charge in [-0.1, -0.05) is 109 Å². The fraction of sp³-hybridized carbons (Fsp3) is 0.0476. The molecule has 0 aliphatic carbocycles. The van der Waals surface area contributed by atoms with Gasteiger partial charge >= 0.3 is 0 Å². The van der Waals surface area contributed by atoms with E-state index in [4.69, 9.17) is 74.8 Å². The first-order chi connectivity index (χ1) is 14.3. The lowest BCUT2D eigenvalue weighted by molar-refractivity contribution is -0.650. The lowest BCUT2D eigenvalue weighted by Gasteiger charge is -2.05. The van der Waals surface area contributed by atoms with E-state index in [2.05, 4.69) is 0 Å². The van der Waals surface area contributed by atoms with Gasteiger partial charge in [-0.25, -0.2) is 0 Å². The summed E-state index contributed by atoms with van der Waals surface area (Å²) in [5.41, 5.74) is 3.43. The summed E-state index contributed by atoms with van der Waals surface area (Å²) in [5.74, 6) is 0. The molecule has 0 spiro atoms. The number of hydrogen-bond donors (Lipinski definition) is 0. The largest absolute Gasteiger partial charge is 0.208 e. The Morgan fingerprint density at radius 1 is 0.733 bits per heavy atom. The molecule has 1 heterocycles. The third-order valence-electron chi connectivity index (χ3n) is 4.49. The second-order valence-electron chi connectivity index (χ2n) is 6.45. The summed E-state index contributed by atoms with van der Waals surface area (Å²) < 4.78 is 3.30. The number of hydrogen-bond acceptors (Lipinski definition) is 1. The van der Waals surface area contributed by atoms with Crippen molar-refractivity contribution in [1.82, 2.24) is 9.90 Å². The van der Waals surface area contributed by atoms with Crippen LogP contribution in [0.5, 0.6) is 0 Å². The number of nitrogens with zero attached hydrogens (tertiary/aromatic N) is 3. The van der Waals surface area contributed by atoms with Crippen LogP contribution in [-0.2, 0) is 0 Å². The standard InChI is InChI=1S/C21H12Cl6N3/c1-11-19(12-5-3-2-4-6-12)30(21-17(26)9-14(23)10-18(21)27)28-29(11)20-15(24)7-13(22)8-16(20)25/h2-10H,1H3/q+1. The predicted molar refractivity (Wildman–Crippen MR) is 125 cm³/mol. The zero-order valence-electron chi connectivity index (χ0n) is 15.3. The molecule has 0 N–H and O–H groups in total. The molecule has 9 heteroatoms. The van der Waals surface area contributed by atoms with E-state index in [9.17, 15) is 0 Å². The molecule has 0 saturated heterocycles. The molecule has 0 amide bonds. The molecule has 3 aromatic carbocycles. The van der Waals surface area contributed by atoms with Gasteiger partial charge in [0.2, 0.25) is 5.69 Å². The second-order valence-corrected chi connectivity index (χ2v) is 8.95. The van der Waals surface area contributed by atoms with Gasteiger partial charge in [-0.15, -0.1) is 0 Å².